The first-order chi connectivity index (χ1) is 9.97. The van der Waals surface area contributed by atoms with E-state index >= 15 is 0 Å². The van der Waals surface area contributed by atoms with Gasteiger partial charge in [-0.2, -0.15) is 4.98 Å². The summed E-state index contributed by atoms with van der Waals surface area (Å²) in [6, 6.07) is 8.10. The Balaban J connectivity index is 2.11. The fourth-order valence-corrected chi connectivity index (χ4v) is 2.28. The van der Waals surface area contributed by atoms with Crippen molar-refractivity contribution in [2.75, 3.05) is 11.9 Å². The minimum absolute atomic E-state index is 0.00356. The molecule has 0 amide bonds. The molecule has 0 unspecified atom stereocenters. The summed E-state index contributed by atoms with van der Waals surface area (Å²) in [5.74, 6) is 0.158. The Morgan fingerprint density at radius 2 is 2.10 bits per heavy atom. The van der Waals surface area contributed by atoms with E-state index in [1.165, 1.54) is 12.5 Å². The fraction of sp³-hybridized carbons (Fsp3) is 0.286. The van der Waals surface area contributed by atoms with E-state index in [0.717, 1.165) is 12.0 Å². The molecule has 0 saturated heterocycles. The van der Waals surface area contributed by atoms with Crippen LogP contribution < -0.4 is 5.32 Å². The summed E-state index contributed by atoms with van der Waals surface area (Å²) in [7, 11) is 0. The summed E-state index contributed by atoms with van der Waals surface area (Å²) in [6.45, 7) is 4.09. The van der Waals surface area contributed by atoms with Crippen molar-refractivity contribution in [3.8, 4) is 0 Å². The number of nitrogens with zero attached hydrogens (tertiary/aromatic N) is 3. The highest BCUT2D eigenvalue weighted by atomic mass is 35.5. The second-order valence-corrected chi connectivity index (χ2v) is 5.04. The van der Waals surface area contributed by atoms with E-state index < -0.39 is 4.92 Å². The van der Waals surface area contributed by atoms with Crippen molar-refractivity contribution in [2.24, 2.45) is 0 Å². The molecular weight excluding hydrogens is 292 g/mol. The molecule has 0 radical (unpaired) electrons. The zero-order valence-corrected chi connectivity index (χ0v) is 12.5. The van der Waals surface area contributed by atoms with Crippen molar-refractivity contribution < 1.29 is 4.92 Å². The molecular formula is C14H15ClN4O2. The van der Waals surface area contributed by atoms with Crippen molar-refractivity contribution in [3.05, 3.63) is 56.5 Å². The van der Waals surface area contributed by atoms with Gasteiger partial charge in [0.2, 0.25) is 11.1 Å². The van der Waals surface area contributed by atoms with Gasteiger partial charge in [-0.1, -0.05) is 29.8 Å². The normalized spacial score (nSPS) is 10.4. The van der Waals surface area contributed by atoms with E-state index in [4.69, 9.17) is 11.6 Å². The van der Waals surface area contributed by atoms with E-state index in [2.05, 4.69) is 21.4 Å². The minimum atomic E-state index is -0.499. The van der Waals surface area contributed by atoms with E-state index in [1.54, 1.807) is 0 Å². The molecule has 110 valence electrons. The van der Waals surface area contributed by atoms with Crippen LogP contribution in [0.15, 0.2) is 24.3 Å². The predicted octanol–water partition coefficient (Wildman–Crippen LogP) is 3.31. The van der Waals surface area contributed by atoms with Gasteiger partial charge in [-0.05, 0) is 37.4 Å². The van der Waals surface area contributed by atoms with Gasteiger partial charge in [-0.25, -0.2) is 4.98 Å². The van der Waals surface area contributed by atoms with E-state index in [0.29, 0.717) is 6.54 Å². The first-order valence-electron chi connectivity index (χ1n) is 6.45. The van der Waals surface area contributed by atoms with Crippen molar-refractivity contribution in [1.29, 1.82) is 0 Å². The van der Waals surface area contributed by atoms with Crippen molar-refractivity contribution >= 4 is 23.1 Å². The minimum Gasteiger partial charge on any atom is -0.364 e. The van der Waals surface area contributed by atoms with Crippen LogP contribution >= 0.6 is 11.6 Å². The molecule has 1 aromatic heterocycles. The number of nitro groups is 1. The Hall–Kier alpha value is -2.21. The Kier molecular flexibility index (Phi) is 4.70. The fourth-order valence-electron chi connectivity index (χ4n) is 2.07. The van der Waals surface area contributed by atoms with E-state index in [-0.39, 0.29) is 22.5 Å². The van der Waals surface area contributed by atoms with Gasteiger partial charge in [0.1, 0.15) is 5.69 Å². The maximum absolute atomic E-state index is 11.1. The van der Waals surface area contributed by atoms with Crippen LogP contribution in [0.4, 0.5) is 11.5 Å². The van der Waals surface area contributed by atoms with Crippen LogP contribution in [0.25, 0.3) is 0 Å². The quantitative estimate of drug-likeness (QED) is 0.520. The summed E-state index contributed by atoms with van der Waals surface area (Å²) in [5, 5.41) is 14.0. The highest BCUT2D eigenvalue weighted by Gasteiger charge is 2.21. The second-order valence-electron chi connectivity index (χ2n) is 4.70. The number of benzene rings is 1. The third kappa shape index (κ3) is 3.88. The molecule has 2 aromatic rings. The molecule has 1 aromatic carbocycles. The number of halogens is 1. The third-order valence-electron chi connectivity index (χ3n) is 3.00. The molecule has 6 nitrogen and oxygen atoms in total. The molecule has 1 heterocycles. The zero-order chi connectivity index (χ0) is 15.4. The van der Waals surface area contributed by atoms with Gasteiger partial charge >= 0.3 is 5.69 Å². The average molecular weight is 307 g/mol. The molecule has 21 heavy (non-hydrogen) atoms. The van der Waals surface area contributed by atoms with Gasteiger partial charge in [0.25, 0.3) is 0 Å². The number of aromatic nitrogens is 2. The van der Waals surface area contributed by atoms with Crippen LogP contribution in [0, 0.1) is 24.0 Å². The number of hydrogen-bond acceptors (Lipinski definition) is 5. The van der Waals surface area contributed by atoms with Gasteiger partial charge in [-0.15, -0.1) is 0 Å². The smallest absolute Gasteiger partial charge is 0.332 e. The lowest BCUT2D eigenvalue weighted by atomic mass is 10.1. The Morgan fingerprint density at radius 3 is 2.76 bits per heavy atom. The third-order valence-corrected chi connectivity index (χ3v) is 3.17. The van der Waals surface area contributed by atoms with Crippen LogP contribution in [0.3, 0.4) is 0 Å². The molecule has 0 aliphatic carbocycles. The largest absolute Gasteiger partial charge is 0.364 e. The molecule has 0 spiro atoms. The summed E-state index contributed by atoms with van der Waals surface area (Å²) in [5.41, 5.74) is 2.45. The molecule has 1 N–H and O–H groups in total. The number of anilines is 1. The summed E-state index contributed by atoms with van der Waals surface area (Å²) in [6.07, 6.45) is 0.736. The van der Waals surface area contributed by atoms with E-state index in [9.17, 15) is 10.1 Å². The van der Waals surface area contributed by atoms with Gasteiger partial charge in [0.15, 0.2) is 0 Å². The van der Waals surface area contributed by atoms with E-state index in [1.807, 2.05) is 25.1 Å². The predicted molar refractivity (Wildman–Crippen MR) is 81.8 cm³/mol. The first kappa shape index (κ1) is 15.2. The number of aryl methyl sites for hydroxylation is 2. The average Bonchev–Trinajstić information content (AvgIpc) is 2.37. The Bertz CT molecular complexity index is 676. The molecule has 0 aliphatic rings. The first-order valence-corrected chi connectivity index (χ1v) is 6.83. The van der Waals surface area contributed by atoms with Gasteiger partial charge in [0.05, 0.1) is 4.92 Å². The highest BCUT2D eigenvalue weighted by Crippen LogP contribution is 2.26. The summed E-state index contributed by atoms with van der Waals surface area (Å²) in [4.78, 5) is 18.3. The van der Waals surface area contributed by atoms with Crippen LogP contribution in [0.2, 0.25) is 5.28 Å². The molecule has 0 atom stereocenters. The molecule has 0 saturated carbocycles. The summed E-state index contributed by atoms with van der Waals surface area (Å²) >= 11 is 5.76. The molecule has 0 fully saturated rings. The summed E-state index contributed by atoms with van der Waals surface area (Å²) < 4.78 is 0. The maximum atomic E-state index is 11.1. The second kappa shape index (κ2) is 6.49. The van der Waals surface area contributed by atoms with Crippen molar-refractivity contribution in [1.82, 2.24) is 9.97 Å². The van der Waals surface area contributed by atoms with Gasteiger partial charge in [0, 0.05) is 6.54 Å². The molecule has 7 heteroatoms. The van der Waals surface area contributed by atoms with Crippen LogP contribution in [-0.4, -0.2) is 21.4 Å². The molecule has 2 rings (SSSR count). The highest BCUT2D eigenvalue weighted by molar-refractivity contribution is 6.28. The maximum Gasteiger partial charge on any atom is 0.332 e. The number of rotatable bonds is 5. The lowest BCUT2D eigenvalue weighted by molar-refractivity contribution is -0.385. The van der Waals surface area contributed by atoms with Gasteiger partial charge in [-0.3, -0.25) is 10.1 Å². The topological polar surface area (TPSA) is 81.0 Å². The Labute approximate surface area is 127 Å². The number of hydrogen-bond donors (Lipinski definition) is 1. The van der Waals surface area contributed by atoms with Crippen LogP contribution in [0.5, 0.6) is 0 Å². The molecule has 0 aliphatic heterocycles. The standard InChI is InChI=1S/C14H15ClN4O2/c1-9-4-3-5-11(8-9)6-7-16-13-12(19(20)21)10(2)17-14(15)18-13/h3-5,8H,6-7H2,1-2H3,(H,16,17,18). The van der Waals surface area contributed by atoms with Crippen LogP contribution in [-0.2, 0) is 6.42 Å². The number of nitrogens with one attached hydrogen (secondary N) is 1. The SMILES string of the molecule is Cc1cccc(CCNc2nc(Cl)nc(C)c2[N+](=O)[O-])c1. The van der Waals surface area contributed by atoms with Gasteiger partial charge < -0.3 is 5.32 Å². The lowest BCUT2D eigenvalue weighted by Gasteiger charge is -2.08. The van der Waals surface area contributed by atoms with Crippen molar-refractivity contribution in [3.63, 3.8) is 0 Å². The monoisotopic (exact) mass is 306 g/mol. The Morgan fingerprint density at radius 1 is 1.33 bits per heavy atom. The van der Waals surface area contributed by atoms with Crippen LogP contribution in [0.1, 0.15) is 16.8 Å². The zero-order valence-electron chi connectivity index (χ0n) is 11.8. The lowest BCUT2D eigenvalue weighted by Crippen LogP contribution is -2.10. The molecule has 0 bridgehead atoms. The van der Waals surface area contributed by atoms with Crippen molar-refractivity contribution in [2.45, 2.75) is 20.3 Å².